The Balaban J connectivity index is 2.68. The Hall–Kier alpha value is -2.10. The number of carbonyl (C=O) groups excluding carboxylic acids is 1. The highest BCUT2D eigenvalue weighted by atomic mass is 16.1. The molecule has 0 radical (unpaired) electrons. The van der Waals surface area contributed by atoms with Crippen LogP contribution in [0.1, 0.15) is 17.3 Å². The smallest absolute Gasteiger partial charge is 0.312 e. The van der Waals surface area contributed by atoms with Crippen molar-refractivity contribution in [2.24, 2.45) is 0 Å². The molecule has 15 heavy (non-hydrogen) atoms. The molecule has 0 saturated carbocycles. The summed E-state index contributed by atoms with van der Waals surface area (Å²) in [5.74, 6) is -0.0568. The van der Waals surface area contributed by atoms with Gasteiger partial charge in [-0.3, -0.25) is 9.36 Å². The third-order valence-electron chi connectivity index (χ3n) is 2.19. The van der Waals surface area contributed by atoms with Gasteiger partial charge in [0.05, 0.1) is 5.69 Å². The summed E-state index contributed by atoms with van der Waals surface area (Å²) >= 11 is 0. The van der Waals surface area contributed by atoms with Gasteiger partial charge >= 0.3 is 5.69 Å². The third-order valence-corrected chi connectivity index (χ3v) is 2.19. The maximum absolute atomic E-state index is 11.4. The summed E-state index contributed by atoms with van der Waals surface area (Å²) < 4.78 is 1.41. The fourth-order valence-electron chi connectivity index (χ4n) is 1.49. The lowest BCUT2D eigenvalue weighted by Gasteiger charge is -2.05. The number of para-hydroxylation sites is 1. The van der Waals surface area contributed by atoms with E-state index in [2.05, 4.69) is 4.98 Å². The highest BCUT2D eigenvalue weighted by Gasteiger charge is 2.08. The molecular formula is C11H10N2O2. The van der Waals surface area contributed by atoms with E-state index in [0.717, 1.165) is 0 Å². The van der Waals surface area contributed by atoms with E-state index < -0.39 is 0 Å². The lowest BCUT2D eigenvalue weighted by atomic mass is 10.1. The predicted octanol–water partition coefficient (Wildman–Crippen LogP) is 1.37. The van der Waals surface area contributed by atoms with Crippen LogP contribution < -0.4 is 5.69 Å². The van der Waals surface area contributed by atoms with Gasteiger partial charge in [0.25, 0.3) is 0 Å². The highest BCUT2D eigenvalue weighted by molar-refractivity contribution is 5.97. The van der Waals surface area contributed by atoms with Crippen LogP contribution in [0.4, 0.5) is 0 Å². The number of H-pyrrole nitrogens is 1. The molecule has 0 amide bonds. The molecule has 1 N–H and O–H groups in total. The molecule has 0 aliphatic rings. The van der Waals surface area contributed by atoms with E-state index in [0.29, 0.717) is 11.3 Å². The zero-order valence-corrected chi connectivity index (χ0v) is 8.23. The number of carbonyl (C=O) groups is 1. The van der Waals surface area contributed by atoms with Gasteiger partial charge in [-0.1, -0.05) is 12.1 Å². The van der Waals surface area contributed by atoms with Crippen molar-refractivity contribution in [1.82, 2.24) is 9.55 Å². The summed E-state index contributed by atoms with van der Waals surface area (Å²) in [7, 11) is 0. The monoisotopic (exact) mass is 202 g/mol. The van der Waals surface area contributed by atoms with E-state index in [1.807, 2.05) is 0 Å². The normalized spacial score (nSPS) is 10.2. The fourth-order valence-corrected chi connectivity index (χ4v) is 1.49. The van der Waals surface area contributed by atoms with Gasteiger partial charge in [0.2, 0.25) is 0 Å². The Morgan fingerprint density at radius 1 is 1.33 bits per heavy atom. The predicted molar refractivity (Wildman–Crippen MR) is 56.4 cm³/mol. The van der Waals surface area contributed by atoms with E-state index in [1.165, 1.54) is 11.5 Å². The summed E-state index contributed by atoms with van der Waals surface area (Å²) in [5.41, 5.74) is 0.902. The van der Waals surface area contributed by atoms with Crippen molar-refractivity contribution in [1.29, 1.82) is 0 Å². The Kier molecular flexibility index (Phi) is 2.25. The van der Waals surface area contributed by atoms with Crippen molar-refractivity contribution in [3.63, 3.8) is 0 Å². The molecule has 4 heteroatoms. The molecule has 0 bridgehead atoms. The van der Waals surface area contributed by atoms with Crippen LogP contribution in [0.15, 0.2) is 41.5 Å². The zero-order chi connectivity index (χ0) is 10.8. The molecule has 76 valence electrons. The number of hydrogen-bond acceptors (Lipinski definition) is 2. The van der Waals surface area contributed by atoms with Crippen LogP contribution in [-0.2, 0) is 0 Å². The summed E-state index contributed by atoms with van der Waals surface area (Å²) in [6.07, 6.45) is 3.14. The molecule has 2 aromatic rings. The van der Waals surface area contributed by atoms with Crippen LogP contribution in [0.25, 0.3) is 5.69 Å². The van der Waals surface area contributed by atoms with Gasteiger partial charge in [0, 0.05) is 18.0 Å². The van der Waals surface area contributed by atoms with E-state index >= 15 is 0 Å². The molecule has 0 aliphatic heterocycles. The molecule has 1 aromatic heterocycles. The maximum atomic E-state index is 11.4. The van der Waals surface area contributed by atoms with E-state index in [1.54, 1.807) is 36.7 Å². The van der Waals surface area contributed by atoms with Crippen LogP contribution in [0.3, 0.4) is 0 Å². The number of Topliss-reactive ketones (excluding diaryl/α,β-unsaturated/α-hetero) is 1. The first-order valence-corrected chi connectivity index (χ1v) is 4.56. The minimum Gasteiger partial charge on any atom is -0.312 e. The number of aromatic amines is 1. The van der Waals surface area contributed by atoms with Crippen molar-refractivity contribution in [3.05, 3.63) is 52.7 Å². The Morgan fingerprint density at radius 2 is 2.07 bits per heavy atom. The fraction of sp³-hybridized carbons (Fsp3) is 0.0909. The van der Waals surface area contributed by atoms with E-state index in [-0.39, 0.29) is 11.5 Å². The van der Waals surface area contributed by atoms with Crippen molar-refractivity contribution in [3.8, 4) is 5.69 Å². The summed E-state index contributed by atoms with van der Waals surface area (Å²) in [6.45, 7) is 1.48. The Bertz CT molecular complexity index is 551. The largest absolute Gasteiger partial charge is 0.330 e. The highest BCUT2D eigenvalue weighted by Crippen LogP contribution is 2.12. The molecule has 0 atom stereocenters. The van der Waals surface area contributed by atoms with Gasteiger partial charge in [-0.2, -0.15) is 0 Å². The second-order valence-corrected chi connectivity index (χ2v) is 3.21. The first kappa shape index (κ1) is 9.45. The topological polar surface area (TPSA) is 54.9 Å². The number of benzene rings is 1. The average molecular weight is 202 g/mol. The van der Waals surface area contributed by atoms with Crippen LogP contribution in [0, 0.1) is 0 Å². The average Bonchev–Trinajstić information content (AvgIpc) is 2.64. The van der Waals surface area contributed by atoms with E-state index in [9.17, 15) is 9.59 Å². The molecule has 0 aliphatic carbocycles. The summed E-state index contributed by atoms with van der Waals surface area (Å²) in [6, 6.07) is 7.02. The molecule has 4 nitrogen and oxygen atoms in total. The Labute approximate surface area is 86.2 Å². The van der Waals surface area contributed by atoms with Gasteiger partial charge in [0.1, 0.15) is 0 Å². The second-order valence-electron chi connectivity index (χ2n) is 3.21. The minimum absolute atomic E-state index is 0.0568. The molecular weight excluding hydrogens is 192 g/mol. The molecule has 2 rings (SSSR count). The van der Waals surface area contributed by atoms with Crippen molar-refractivity contribution in [2.75, 3.05) is 0 Å². The molecule has 0 saturated heterocycles. The number of nitrogens with zero attached hydrogens (tertiary/aromatic N) is 1. The van der Waals surface area contributed by atoms with Crippen LogP contribution >= 0.6 is 0 Å². The summed E-state index contributed by atoms with van der Waals surface area (Å²) in [5, 5.41) is 0. The van der Waals surface area contributed by atoms with E-state index in [4.69, 9.17) is 0 Å². The van der Waals surface area contributed by atoms with Crippen LogP contribution in [0.5, 0.6) is 0 Å². The maximum Gasteiger partial charge on any atom is 0.330 e. The van der Waals surface area contributed by atoms with Crippen molar-refractivity contribution in [2.45, 2.75) is 6.92 Å². The molecule has 1 heterocycles. The Morgan fingerprint density at radius 3 is 2.67 bits per heavy atom. The van der Waals surface area contributed by atoms with Crippen LogP contribution in [0.2, 0.25) is 0 Å². The zero-order valence-electron chi connectivity index (χ0n) is 8.23. The number of aromatic nitrogens is 2. The van der Waals surface area contributed by atoms with Gasteiger partial charge < -0.3 is 4.98 Å². The van der Waals surface area contributed by atoms with Crippen LogP contribution in [-0.4, -0.2) is 15.3 Å². The number of nitrogens with one attached hydrogen (secondary N) is 1. The second kappa shape index (κ2) is 3.57. The van der Waals surface area contributed by atoms with Crippen molar-refractivity contribution < 1.29 is 4.79 Å². The number of imidazole rings is 1. The van der Waals surface area contributed by atoms with Gasteiger partial charge in [0.15, 0.2) is 5.78 Å². The van der Waals surface area contributed by atoms with Gasteiger partial charge in [-0.05, 0) is 19.1 Å². The minimum atomic E-state index is -0.247. The number of rotatable bonds is 2. The summed E-state index contributed by atoms with van der Waals surface area (Å²) in [4.78, 5) is 25.3. The molecule has 0 spiro atoms. The quantitative estimate of drug-likeness (QED) is 0.748. The number of hydrogen-bond donors (Lipinski definition) is 1. The lowest BCUT2D eigenvalue weighted by Crippen LogP contribution is -2.16. The lowest BCUT2D eigenvalue weighted by molar-refractivity contribution is 0.101. The first-order chi connectivity index (χ1) is 7.20. The van der Waals surface area contributed by atoms with Crippen molar-refractivity contribution >= 4 is 5.78 Å². The molecule has 0 fully saturated rings. The third kappa shape index (κ3) is 1.61. The first-order valence-electron chi connectivity index (χ1n) is 4.56. The van der Waals surface area contributed by atoms with Gasteiger partial charge in [-0.15, -0.1) is 0 Å². The van der Waals surface area contributed by atoms with Gasteiger partial charge in [-0.25, -0.2) is 4.79 Å². The number of ketones is 1. The standard InChI is InChI=1S/C11H10N2O2/c1-8(14)9-4-2-3-5-10(9)13-7-6-12-11(13)15/h2-7H,1H3,(H,12,15). The molecule has 1 aromatic carbocycles. The SMILES string of the molecule is CC(=O)c1ccccc1-n1cc[nH]c1=O. The molecule has 0 unspecified atom stereocenters.